The van der Waals surface area contributed by atoms with Crippen molar-refractivity contribution in [2.75, 3.05) is 0 Å². The molecule has 3 aromatic carbocycles. The second kappa shape index (κ2) is 9.67. The Kier molecular flexibility index (Phi) is 6.13. The van der Waals surface area contributed by atoms with Crippen LogP contribution in [0.1, 0.15) is 1.37 Å². The molecule has 6 rings (SSSR count). The number of fused-ring (bicyclic) bond motifs is 3. The summed E-state index contributed by atoms with van der Waals surface area (Å²) in [6.45, 7) is 0. The molecule has 0 N–H and O–H groups in total. The normalized spacial score (nSPS) is 12.3. The van der Waals surface area contributed by atoms with Crippen LogP contribution in [0.3, 0.4) is 0 Å². The fraction of sp³-hybridized carbons (Fsp3) is 0. The van der Waals surface area contributed by atoms with Crippen LogP contribution in [0.5, 0.6) is 11.6 Å². The van der Waals surface area contributed by atoms with Crippen molar-refractivity contribution < 1.29 is 27.2 Å². The molecule has 0 radical (unpaired) electrons. The van der Waals surface area contributed by atoms with Gasteiger partial charge in [-0.05, 0) is 0 Å². The minimum absolute atomic E-state index is 0. The molecule has 160 valence electrons. The molecule has 0 aliphatic carbocycles. The molecule has 2 aromatic heterocycles. The van der Waals surface area contributed by atoms with Crippen LogP contribution < -0.4 is 14.7 Å². The van der Waals surface area contributed by atoms with Gasteiger partial charge in [-0.3, -0.25) is 0 Å². The first-order valence-electron chi connectivity index (χ1n) is 10.8. The molecule has 0 spiro atoms. The van der Waals surface area contributed by atoms with Crippen LogP contribution in [0.15, 0.2) is 103 Å². The maximum absolute atomic E-state index is 7.69. The van der Waals surface area contributed by atoms with Crippen molar-refractivity contribution in [3.63, 3.8) is 0 Å². The van der Waals surface area contributed by atoms with Crippen molar-refractivity contribution in [3.05, 3.63) is 115 Å². The third-order valence-corrected chi connectivity index (χ3v) is 14.6. The number of pyridine rings is 2. The number of nitrogens with zero attached hydrogens (tertiary/aromatic N) is 2. The van der Waals surface area contributed by atoms with E-state index < -0.39 is 21.8 Å². The first-order valence-corrected chi connectivity index (χ1v) is 15.5. The summed E-state index contributed by atoms with van der Waals surface area (Å²) in [6, 6.07) is 37.3. The third kappa shape index (κ3) is 4.31. The van der Waals surface area contributed by atoms with Crippen molar-refractivity contribution in [1.29, 1.82) is 0 Å². The fourth-order valence-electron chi connectivity index (χ4n) is 3.92. The molecule has 3 heterocycles. The van der Waals surface area contributed by atoms with E-state index in [9.17, 15) is 0 Å². The smallest absolute Gasteiger partial charge is 2.00 e. The molecule has 0 bridgehead atoms. The van der Waals surface area contributed by atoms with Crippen LogP contribution in [-0.2, 0) is 21.1 Å². The largest absolute Gasteiger partial charge is 2.00 e. The number of ether oxygens (including phenoxy) is 1. The van der Waals surface area contributed by atoms with Gasteiger partial charge in [0.1, 0.15) is 0 Å². The fourth-order valence-corrected chi connectivity index (χ4v) is 13.5. The van der Waals surface area contributed by atoms with Crippen molar-refractivity contribution in [3.8, 4) is 33.9 Å². The Labute approximate surface area is 216 Å². The topological polar surface area (TPSA) is 35.0 Å². The number of aromatic nitrogens is 2. The van der Waals surface area contributed by atoms with Gasteiger partial charge in [0.25, 0.3) is 0 Å². The van der Waals surface area contributed by atoms with Gasteiger partial charge >= 0.3 is 218 Å². The van der Waals surface area contributed by atoms with Crippen LogP contribution in [0.25, 0.3) is 22.3 Å². The van der Waals surface area contributed by atoms with Crippen LogP contribution in [0, 0.1) is 12.1 Å². The van der Waals surface area contributed by atoms with E-state index in [1.54, 1.807) is 18.2 Å². The van der Waals surface area contributed by atoms with Crippen LogP contribution in [0.2, 0.25) is 0 Å². The zero-order valence-electron chi connectivity index (χ0n) is 18.3. The molecule has 3 nitrogen and oxygen atoms in total. The van der Waals surface area contributed by atoms with Crippen molar-refractivity contribution in [2.24, 2.45) is 0 Å². The summed E-state index contributed by atoms with van der Waals surface area (Å²) in [7, 11) is 0. The van der Waals surface area contributed by atoms with Gasteiger partial charge in [0, 0.05) is 0 Å². The molecule has 0 amide bonds. The zero-order valence-corrected chi connectivity index (χ0v) is 23.1. The van der Waals surface area contributed by atoms with Gasteiger partial charge in [-0.2, -0.15) is 0 Å². The molecular formula is C28H17BiN2OPt. The van der Waals surface area contributed by atoms with E-state index >= 15 is 0 Å². The van der Waals surface area contributed by atoms with E-state index in [-0.39, 0.29) is 27.2 Å². The van der Waals surface area contributed by atoms with E-state index in [1.165, 1.54) is 21.1 Å². The van der Waals surface area contributed by atoms with Gasteiger partial charge < -0.3 is 0 Å². The Morgan fingerprint density at radius 3 is 2.45 bits per heavy atom. The van der Waals surface area contributed by atoms with E-state index in [1.807, 2.05) is 30.5 Å². The Morgan fingerprint density at radius 1 is 0.727 bits per heavy atom. The van der Waals surface area contributed by atoms with Gasteiger partial charge in [-0.1, -0.05) is 0 Å². The Hall–Kier alpha value is -2.67. The average molecular weight is 803 g/mol. The Morgan fingerprint density at radius 2 is 1.58 bits per heavy atom. The maximum Gasteiger partial charge on any atom is 2.00 e. The predicted molar refractivity (Wildman–Crippen MR) is 128 cm³/mol. The van der Waals surface area contributed by atoms with Crippen LogP contribution in [0.4, 0.5) is 0 Å². The Bertz CT molecular complexity index is 1480. The number of hydrogen-bond donors (Lipinski definition) is 0. The minimum atomic E-state index is -2.52. The van der Waals surface area contributed by atoms with Crippen molar-refractivity contribution >= 4 is 31.7 Å². The second-order valence-electron chi connectivity index (χ2n) is 7.31. The summed E-state index contributed by atoms with van der Waals surface area (Å²) >= 11 is -2.52. The first-order chi connectivity index (χ1) is 16.3. The number of rotatable bonds is 4. The maximum atomic E-state index is 7.69. The molecular weight excluding hydrogens is 784 g/mol. The summed E-state index contributed by atoms with van der Waals surface area (Å²) < 4.78 is 17.5. The molecule has 5 aromatic rings. The third-order valence-electron chi connectivity index (χ3n) is 5.32. The monoisotopic (exact) mass is 802 g/mol. The van der Waals surface area contributed by atoms with Crippen molar-refractivity contribution in [1.82, 2.24) is 9.97 Å². The van der Waals surface area contributed by atoms with E-state index in [0.29, 0.717) is 11.6 Å². The van der Waals surface area contributed by atoms with E-state index in [2.05, 4.69) is 65.6 Å². The second-order valence-corrected chi connectivity index (χ2v) is 15.3. The molecule has 33 heavy (non-hydrogen) atoms. The summed E-state index contributed by atoms with van der Waals surface area (Å²) in [5.41, 5.74) is 4.51. The average Bonchev–Trinajstić information content (AvgIpc) is 3.18. The summed E-state index contributed by atoms with van der Waals surface area (Å²) in [4.78, 5) is 8.85. The summed E-state index contributed by atoms with van der Waals surface area (Å²) in [6.07, 6.45) is 2.06. The molecule has 0 unspecified atom stereocenters. The standard InChI is InChI=1S/C23H13NO.C5H4N.Bi.Pt/c1-2-7-18(8-3-1)19-12-14-20(15-13-19)21-9-6-10-22(17-21)25-23-11-4-5-16-24-23;1-2-4-6-5-3-1;;/h1-7,9-12,14,16H;1-4H;;/q-2;;;+2/i16D;;;. The van der Waals surface area contributed by atoms with Gasteiger partial charge in [-0.15, -0.1) is 0 Å². The van der Waals surface area contributed by atoms with Crippen LogP contribution in [-0.4, -0.2) is 31.7 Å². The van der Waals surface area contributed by atoms with Crippen LogP contribution >= 0.6 is 0 Å². The van der Waals surface area contributed by atoms with E-state index in [4.69, 9.17) is 11.1 Å². The zero-order chi connectivity index (χ0) is 22.2. The molecule has 5 heteroatoms. The molecule has 0 saturated carbocycles. The van der Waals surface area contributed by atoms with Crippen molar-refractivity contribution in [2.45, 2.75) is 0 Å². The predicted octanol–water partition coefficient (Wildman–Crippen LogP) is 4.03. The van der Waals surface area contributed by atoms with Gasteiger partial charge in [0.15, 0.2) is 0 Å². The summed E-state index contributed by atoms with van der Waals surface area (Å²) in [5.74, 6) is 0.947. The Balaban J connectivity index is 0.00000241. The molecule has 0 atom stereocenters. The molecule has 1 aliphatic heterocycles. The number of benzene rings is 3. The first kappa shape index (κ1) is 20.9. The molecule has 1 aliphatic rings. The SMILES string of the molecule is [2H]c1cccc(Oc2[c-]c(-c3[c-][c]4c(cc3)-c3cccc[c]3[Bi]4[c]3ccccn3)ccc2)n1.[Pt+2]. The van der Waals surface area contributed by atoms with Gasteiger partial charge in [0.05, 0.1) is 0 Å². The van der Waals surface area contributed by atoms with Gasteiger partial charge in [0.2, 0.25) is 0 Å². The molecule has 0 saturated heterocycles. The van der Waals surface area contributed by atoms with Gasteiger partial charge in [-0.25, -0.2) is 0 Å². The molecule has 0 fully saturated rings. The quantitative estimate of drug-likeness (QED) is 0.200. The van der Waals surface area contributed by atoms with E-state index in [0.717, 1.165) is 11.1 Å². The summed E-state index contributed by atoms with van der Waals surface area (Å²) in [5, 5.41) is 0. The number of hydrogen-bond acceptors (Lipinski definition) is 3. The minimum Gasteiger partial charge on any atom is 2.00 e.